The minimum atomic E-state index is -1.01. The molecule has 0 spiro atoms. The van der Waals surface area contributed by atoms with Gasteiger partial charge >= 0.3 is 5.97 Å². The molecule has 0 fully saturated rings. The lowest BCUT2D eigenvalue weighted by atomic mass is 9.94. The molecule has 1 rings (SSSR count). The second kappa shape index (κ2) is 5.82. The van der Waals surface area contributed by atoms with Crippen molar-refractivity contribution in [3.8, 4) is 0 Å². The fraction of sp³-hybridized carbons (Fsp3) is 0.429. The quantitative estimate of drug-likeness (QED) is 0.861. The van der Waals surface area contributed by atoms with Crippen LogP contribution in [-0.2, 0) is 4.79 Å². The molecule has 104 valence electrons. The van der Waals surface area contributed by atoms with Crippen LogP contribution in [0.2, 0.25) is 0 Å². The second-order valence-corrected chi connectivity index (χ2v) is 4.92. The van der Waals surface area contributed by atoms with Crippen molar-refractivity contribution < 1.29 is 19.1 Å². The predicted octanol–water partition coefficient (Wildman–Crippen LogP) is 2.51. The van der Waals surface area contributed by atoms with E-state index in [9.17, 15) is 14.0 Å². The number of hydrogen-bond acceptors (Lipinski definition) is 2. The Morgan fingerprint density at radius 2 is 2.05 bits per heavy atom. The fourth-order valence-corrected chi connectivity index (χ4v) is 1.75. The zero-order valence-corrected chi connectivity index (χ0v) is 11.3. The molecule has 5 heteroatoms. The number of aliphatic carboxylic acids is 1. The molecule has 1 atom stereocenters. The van der Waals surface area contributed by atoms with Gasteiger partial charge in [0.1, 0.15) is 5.82 Å². The third-order valence-corrected chi connectivity index (χ3v) is 3.10. The molecule has 0 aliphatic carbocycles. The van der Waals surface area contributed by atoms with E-state index in [1.807, 2.05) is 0 Å². The lowest BCUT2D eigenvalue weighted by Crippen LogP contribution is -2.47. The number of rotatable bonds is 5. The maximum atomic E-state index is 13.6. The topological polar surface area (TPSA) is 66.4 Å². The van der Waals surface area contributed by atoms with Gasteiger partial charge in [-0.2, -0.15) is 0 Å². The Hall–Kier alpha value is -1.91. The highest BCUT2D eigenvalue weighted by Crippen LogP contribution is 2.17. The summed E-state index contributed by atoms with van der Waals surface area (Å²) in [7, 11) is 0. The highest BCUT2D eigenvalue weighted by molar-refractivity contribution is 5.95. The molecule has 4 nitrogen and oxygen atoms in total. The van der Waals surface area contributed by atoms with E-state index in [1.165, 1.54) is 12.1 Å². The SMILES string of the molecule is CC[C@@](C)(CC(=O)O)NC(=O)c1cc(C)ccc1F. The summed E-state index contributed by atoms with van der Waals surface area (Å²) in [6.45, 7) is 5.16. The first kappa shape index (κ1) is 15.1. The standard InChI is InChI=1S/C14H18FNO3/c1-4-14(3,8-12(17)18)16-13(19)10-7-9(2)5-6-11(10)15/h5-7H,4,8H2,1-3H3,(H,16,19)(H,17,18)/t14-/m0/s1. The maximum absolute atomic E-state index is 13.6. The van der Waals surface area contributed by atoms with Crippen LogP contribution in [0.1, 0.15) is 42.6 Å². The largest absolute Gasteiger partial charge is 0.481 e. The lowest BCUT2D eigenvalue weighted by Gasteiger charge is -2.28. The van der Waals surface area contributed by atoms with E-state index >= 15 is 0 Å². The van der Waals surface area contributed by atoms with E-state index in [0.717, 1.165) is 5.56 Å². The first-order chi connectivity index (χ1) is 8.77. The van der Waals surface area contributed by atoms with Gasteiger partial charge in [-0.25, -0.2) is 4.39 Å². The highest BCUT2D eigenvalue weighted by Gasteiger charge is 2.28. The van der Waals surface area contributed by atoms with Gasteiger partial charge in [-0.05, 0) is 32.4 Å². The van der Waals surface area contributed by atoms with Gasteiger partial charge in [0.2, 0.25) is 0 Å². The van der Waals surface area contributed by atoms with Gasteiger partial charge in [-0.15, -0.1) is 0 Å². The molecule has 0 saturated carbocycles. The normalized spacial score (nSPS) is 13.7. The van der Waals surface area contributed by atoms with Crippen LogP contribution in [0.3, 0.4) is 0 Å². The van der Waals surface area contributed by atoms with Gasteiger partial charge in [-0.1, -0.05) is 18.6 Å². The van der Waals surface area contributed by atoms with Crippen LogP contribution in [0.5, 0.6) is 0 Å². The van der Waals surface area contributed by atoms with Crippen molar-refractivity contribution in [1.82, 2.24) is 5.32 Å². The van der Waals surface area contributed by atoms with Crippen LogP contribution in [0, 0.1) is 12.7 Å². The molecule has 0 unspecified atom stereocenters. The number of carboxylic acid groups (broad SMARTS) is 1. The molecule has 0 aromatic heterocycles. The molecule has 1 aromatic carbocycles. The van der Waals surface area contributed by atoms with Gasteiger partial charge in [0, 0.05) is 5.54 Å². The Morgan fingerprint density at radius 1 is 1.42 bits per heavy atom. The highest BCUT2D eigenvalue weighted by atomic mass is 19.1. The van der Waals surface area contributed by atoms with E-state index in [-0.39, 0.29) is 12.0 Å². The molecule has 0 aliphatic rings. The monoisotopic (exact) mass is 267 g/mol. The number of carbonyl (C=O) groups excluding carboxylic acids is 1. The second-order valence-electron chi connectivity index (χ2n) is 4.92. The zero-order valence-electron chi connectivity index (χ0n) is 11.3. The van der Waals surface area contributed by atoms with E-state index < -0.39 is 23.2 Å². The summed E-state index contributed by atoms with van der Waals surface area (Å²) in [5.41, 5.74) is -0.188. The van der Waals surface area contributed by atoms with Gasteiger partial charge < -0.3 is 10.4 Å². The molecular weight excluding hydrogens is 249 g/mol. The van der Waals surface area contributed by atoms with Crippen LogP contribution in [0.4, 0.5) is 4.39 Å². The number of hydrogen-bond donors (Lipinski definition) is 2. The van der Waals surface area contributed by atoms with Crippen LogP contribution >= 0.6 is 0 Å². The first-order valence-electron chi connectivity index (χ1n) is 6.08. The lowest BCUT2D eigenvalue weighted by molar-refractivity contribution is -0.138. The van der Waals surface area contributed by atoms with Crippen molar-refractivity contribution in [2.45, 2.75) is 39.2 Å². The van der Waals surface area contributed by atoms with E-state index in [1.54, 1.807) is 26.8 Å². The van der Waals surface area contributed by atoms with Crippen molar-refractivity contribution in [3.63, 3.8) is 0 Å². The Balaban J connectivity index is 2.94. The zero-order chi connectivity index (χ0) is 14.6. The molecule has 1 aromatic rings. The Bertz CT molecular complexity index is 501. The summed E-state index contributed by atoms with van der Waals surface area (Å²) in [4.78, 5) is 22.8. The third-order valence-electron chi connectivity index (χ3n) is 3.10. The van der Waals surface area contributed by atoms with Crippen molar-refractivity contribution in [2.24, 2.45) is 0 Å². The van der Waals surface area contributed by atoms with Gasteiger partial charge in [0.05, 0.1) is 12.0 Å². The summed E-state index contributed by atoms with van der Waals surface area (Å²) in [6.07, 6.45) is 0.237. The van der Waals surface area contributed by atoms with Gasteiger partial charge in [0.25, 0.3) is 5.91 Å². The Kier molecular flexibility index (Phi) is 4.64. The fourth-order valence-electron chi connectivity index (χ4n) is 1.75. The van der Waals surface area contributed by atoms with Crippen molar-refractivity contribution in [3.05, 3.63) is 35.1 Å². The Morgan fingerprint density at radius 3 is 2.58 bits per heavy atom. The molecule has 0 aliphatic heterocycles. The molecule has 0 saturated heterocycles. The molecule has 0 radical (unpaired) electrons. The molecule has 0 bridgehead atoms. The van der Waals surface area contributed by atoms with Crippen LogP contribution in [-0.4, -0.2) is 22.5 Å². The smallest absolute Gasteiger partial charge is 0.305 e. The number of aryl methyl sites for hydroxylation is 1. The number of carboxylic acids is 1. The number of nitrogens with one attached hydrogen (secondary N) is 1. The van der Waals surface area contributed by atoms with E-state index in [0.29, 0.717) is 6.42 Å². The molecule has 19 heavy (non-hydrogen) atoms. The number of halogens is 1. The summed E-state index contributed by atoms with van der Waals surface area (Å²) >= 11 is 0. The molecular formula is C14H18FNO3. The summed E-state index contributed by atoms with van der Waals surface area (Å²) < 4.78 is 13.6. The number of amides is 1. The van der Waals surface area contributed by atoms with E-state index in [2.05, 4.69) is 5.32 Å². The predicted molar refractivity (Wildman–Crippen MR) is 69.6 cm³/mol. The van der Waals surface area contributed by atoms with E-state index in [4.69, 9.17) is 5.11 Å². The molecule has 0 heterocycles. The summed E-state index contributed by atoms with van der Waals surface area (Å²) in [5.74, 6) is -2.21. The molecule has 1 amide bonds. The average molecular weight is 267 g/mol. The number of benzene rings is 1. The van der Waals surface area contributed by atoms with Gasteiger partial charge in [-0.3, -0.25) is 9.59 Å². The van der Waals surface area contributed by atoms with Gasteiger partial charge in [0.15, 0.2) is 0 Å². The van der Waals surface area contributed by atoms with Crippen molar-refractivity contribution in [1.29, 1.82) is 0 Å². The van der Waals surface area contributed by atoms with Crippen LogP contribution in [0.25, 0.3) is 0 Å². The maximum Gasteiger partial charge on any atom is 0.305 e. The first-order valence-corrected chi connectivity index (χ1v) is 6.08. The van der Waals surface area contributed by atoms with Crippen molar-refractivity contribution >= 4 is 11.9 Å². The summed E-state index contributed by atoms with van der Waals surface area (Å²) in [5, 5.41) is 11.4. The minimum absolute atomic E-state index is 0.0648. The summed E-state index contributed by atoms with van der Waals surface area (Å²) in [6, 6.07) is 4.24. The van der Waals surface area contributed by atoms with Crippen molar-refractivity contribution in [2.75, 3.05) is 0 Å². The van der Waals surface area contributed by atoms with Crippen LogP contribution < -0.4 is 5.32 Å². The average Bonchev–Trinajstić information content (AvgIpc) is 2.31. The third kappa shape index (κ3) is 4.05. The minimum Gasteiger partial charge on any atom is -0.481 e. The number of carbonyl (C=O) groups is 2. The Labute approximate surface area is 111 Å². The molecule has 2 N–H and O–H groups in total. The van der Waals surface area contributed by atoms with Crippen LogP contribution in [0.15, 0.2) is 18.2 Å².